The summed E-state index contributed by atoms with van der Waals surface area (Å²) in [7, 11) is 1.69. The summed E-state index contributed by atoms with van der Waals surface area (Å²) < 4.78 is 5.20. The highest BCUT2D eigenvalue weighted by atomic mass is 16.5. The summed E-state index contributed by atoms with van der Waals surface area (Å²) in [5.74, 6) is 0.905. The van der Waals surface area contributed by atoms with Crippen molar-refractivity contribution in [1.29, 1.82) is 0 Å². The number of pyridine rings is 1. The van der Waals surface area contributed by atoms with Crippen molar-refractivity contribution in [3.8, 4) is 5.75 Å². The number of methoxy groups -OCH3 is 1. The molecule has 1 atom stereocenters. The van der Waals surface area contributed by atoms with Crippen molar-refractivity contribution in [3.63, 3.8) is 0 Å². The van der Waals surface area contributed by atoms with E-state index in [0.29, 0.717) is 6.04 Å². The van der Waals surface area contributed by atoms with E-state index in [2.05, 4.69) is 42.3 Å². The molecule has 112 valence electrons. The number of hydrogen-bond acceptors (Lipinski definition) is 3. The van der Waals surface area contributed by atoms with Gasteiger partial charge in [0.25, 0.3) is 0 Å². The molecule has 0 aliphatic carbocycles. The fourth-order valence-corrected chi connectivity index (χ4v) is 2.55. The predicted molar refractivity (Wildman–Crippen MR) is 86.7 cm³/mol. The fraction of sp³-hybridized carbons (Fsp3) is 0.389. The van der Waals surface area contributed by atoms with E-state index in [0.717, 1.165) is 30.8 Å². The molecule has 1 unspecified atom stereocenters. The Morgan fingerprint density at radius 1 is 1.19 bits per heavy atom. The van der Waals surface area contributed by atoms with Gasteiger partial charge in [0, 0.05) is 6.20 Å². The van der Waals surface area contributed by atoms with Crippen LogP contribution in [0.1, 0.15) is 36.2 Å². The average Bonchev–Trinajstić information content (AvgIpc) is 2.53. The Morgan fingerprint density at radius 3 is 2.57 bits per heavy atom. The molecule has 0 fully saturated rings. The van der Waals surface area contributed by atoms with Crippen molar-refractivity contribution in [3.05, 3.63) is 59.4 Å². The van der Waals surface area contributed by atoms with Crippen LogP contribution in [0.4, 0.5) is 0 Å². The van der Waals surface area contributed by atoms with Crippen LogP contribution in [0.15, 0.2) is 42.6 Å². The third-order valence-corrected chi connectivity index (χ3v) is 3.71. The van der Waals surface area contributed by atoms with E-state index >= 15 is 0 Å². The zero-order valence-electron chi connectivity index (χ0n) is 13.1. The first-order chi connectivity index (χ1) is 10.2. The van der Waals surface area contributed by atoms with Gasteiger partial charge in [0.05, 0.1) is 18.8 Å². The van der Waals surface area contributed by atoms with Gasteiger partial charge in [0.2, 0.25) is 0 Å². The molecular formula is C18H24N2O. The molecule has 0 spiro atoms. The molecule has 0 saturated carbocycles. The summed E-state index contributed by atoms with van der Waals surface area (Å²) in [6.07, 6.45) is 3.94. The zero-order valence-corrected chi connectivity index (χ0v) is 13.1. The van der Waals surface area contributed by atoms with E-state index in [9.17, 15) is 0 Å². The van der Waals surface area contributed by atoms with Crippen molar-refractivity contribution in [2.24, 2.45) is 0 Å². The molecule has 2 rings (SSSR count). The van der Waals surface area contributed by atoms with Crippen LogP contribution < -0.4 is 10.1 Å². The van der Waals surface area contributed by atoms with Gasteiger partial charge in [0.15, 0.2) is 0 Å². The number of nitrogens with one attached hydrogen (secondary N) is 1. The molecule has 1 aromatic heterocycles. The van der Waals surface area contributed by atoms with Crippen molar-refractivity contribution >= 4 is 0 Å². The van der Waals surface area contributed by atoms with Crippen molar-refractivity contribution in [1.82, 2.24) is 10.3 Å². The van der Waals surface area contributed by atoms with Gasteiger partial charge in [-0.15, -0.1) is 0 Å². The Bertz CT molecular complexity index is 551. The lowest BCUT2D eigenvalue weighted by molar-refractivity contribution is 0.414. The highest BCUT2D eigenvalue weighted by Crippen LogP contribution is 2.21. The van der Waals surface area contributed by atoms with Crippen molar-refractivity contribution < 1.29 is 4.74 Å². The SMILES string of the molecule is CCNC(CCc1ccc(OC)cc1)c1ncccc1C. The lowest BCUT2D eigenvalue weighted by Gasteiger charge is -2.19. The Hall–Kier alpha value is -1.87. The van der Waals surface area contributed by atoms with Crippen molar-refractivity contribution in [2.75, 3.05) is 13.7 Å². The Morgan fingerprint density at radius 2 is 1.95 bits per heavy atom. The first-order valence-corrected chi connectivity index (χ1v) is 7.52. The van der Waals surface area contributed by atoms with E-state index in [1.807, 2.05) is 24.4 Å². The average molecular weight is 284 g/mol. The van der Waals surface area contributed by atoms with E-state index in [1.165, 1.54) is 11.1 Å². The van der Waals surface area contributed by atoms with E-state index < -0.39 is 0 Å². The maximum atomic E-state index is 5.20. The van der Waals surface area contributed by atoms with E-state index in [1.54, 1.807) is 7.11 Å². The number of hydrogen-bond donors (Lipinski definition) is 1. The molecule has 0 bridgehead atoms. The minimum Gasteiger partial charge on any atom is -0.497 e. The number of ether oxygens (including phenoxy) is 1. The van der Waals surface area contributed by atoms with Crippen LogP contribution in [-0.4, -0.2) is 18.6 Å². The topological polar surface area (TPSA) is 34.1 Å². The second kappa shape index (κ2) is 7.79. The molecule has 3 nitrogen and oxygen atoms in total. The first kappa shape index (κ1) is 15.5. The number of benzene rings is 1. The summed E-state index contributed by atoms with van der Waals surface area (Å²) in [5, 5.41) is 3.55. The summed E-state index contributed by atoms with van der Waals surface area (Å²) in [6, 6.07) is 12.7. The van der Waals surface area contributed by atoms with Crippen LogP contribution in [0, 0.1) is 6.92 Å². The standard InChI is InChI=1S/C18H24N2O/c1-4-19-17(18-14(2)6-5-13-20-18)12-9-15-7-10-16(21-3)11-8-15/h5-8,10-11,13,17,19H,4,9,12H2,1-3H3. The molecule has 1 heterocycles. The van der Waals surface area contributed by atoms with E-state index in [4.69, 9.17) is 4.74 Å². The first-order valence-electron chi connectivity index (χ1n) is 7.52. The smallest absolute Gasteiger partial charge is 0.118 e. The highest BCUT2D eigenvalue weighted by Gasteiger charge is 2.13. The molecule has 2 aromatic rings. The van der Waals surface area contributed by atoms with Crippen LogP contribution in [0.2, 0.25) is 0 Å². The maximum absolute atomic E-state index is 5.20. The number of rotatable bonds is 7. The molecule has 1 aromatic carbocycles. The minimum absolute atomic E-state index is 0.304. The van der Waals surface area contributed by atoms with Gasteiger partial charge >= 0.3 is 0 Å². The predicted octanol–water partition coefficient (Wildman–Crippen LogP) is 3.68. The fourth-order valence-electron chi connectivity index (χ4n) is 2.55. The largest absolute Gasteiger partial charge is 0.497 e. The lowest BCUT2D eigenvalue weighted by atomic mass is 10.00. The second-order valence-corrected chi connectivity index (χ2v) is 5.20. The second-order valence-electron chi connectivity index (χ2n) is 5.20. The maximum Gasteiger partial charge on any atom is 0.118 e. The minimum atomic E-state index is 0.304. The monoisotopic (exact) mass is 284 g/mol. The van der Waals surface area contributed by atoms with Crippen LogP contribution in [-0.2, 0) is 6.42 Å². The summed E-state index contributed by atoms with van der Waals surface area (Å²) in [6.45, 7) is 5.21. The number of aromatic nitrogens is 1. The van der Waals surface area contributed by atoms with Gasteiger partial charge in [-0.3, -0.25) is 4.98 Å². The van der Waals surface area contributed by atoms with E-state index in [-0.39, 0.29) is 0 Å². The molecular weight excluding hydrogens is 260 g/mol. The highest BCUT2D eigenvalue weighted by molar-refractivity contribution is 5.28. The van der Waals surface area contributed by atoms with Gasteiger partial charge in [-0.2, -0.15) is 0 Å². The Balaban J connectivity index is 2.04. The summed E-state index contributed by atoms with van der Waals surface area (Å²) in [4.78, 5) is 4.55. The molecule has 0 aliphatic rings. The van der Waals surface area contributed by atoms with Gasteiger partial charge in [-0.25, -0.2) is 0 Å². The van der Waals surface area contributed by atoms with Gasteiger partial charge < -0.3 is 10.1 Å². The van der Waals surface area contributed by atoms with Gasteiger partial charge in [-0.1, -0.05) is 25.1 Å². The van der Waals surface area contributed by atoms with Gasteiger partial charge in [0.1, 0.15) is 5.75 Å². The summed E-state index contributed by atoms with van der Waals surface area (Å²) in [5.41, 5.74) is 3.73. The lowest BCUT2D eigenvalue weighted by Crippen LogP contribution is -2.23. The molecule has 0 amide bonds. The van der Waals surface area contributed by atoms with Crippen LogP contribution in [0.25, 0.3) is 0 Å². The quantitative estimate of drug-likeness (QED) is 0.842. The van der Waals surface area contributed by atoms with Crippen LogP contribution >= 0.6 is 0 Å². The molecule has 0 aliphatic heterocycles. The Labute approximate surface area is 127 Å². The normalized spacial score (nSPS) is 12.1. The molecule has 3 heteroatoms. The third kappa shape index (κ3) is 4.30. The molecule has 1 N–H and O–H groups in total. The van der Waals surface area contributed by atoms with Crippen LogP contribution in [0.5, 0.6) is 5.75 Å². The number of nitrogens with zero attached hydrogens (tertiary/aromatic N) is 1. The van der Waals surface area contributed by atoms with Crippen LogP contribution in [0.3, 0.4) is 0 Å². The zero-order chi connectivity index (χ0) is 15.1. The summed E-state index contributed by atoms with van der Waals surface area (Å²) >= 11 is 0. The number of aryl methyl sites for hydroxylation is 2. The third-order valence-electron chi connectivity index (χ3n) is 3.71. The molecule has 0 radical (unpaired) electrons. The van der Waals surface area contributed by atoms with Crippen molar-refractivity contribution in [2.45, 2.75) is 32.7 Å². The van der Waals surface area contributed by atoms with Gasteiger partial charge in [-0.05, 0) is 55.6 Å². The Kier molecular flexibility index (Phi) is 5.76. The molecule has 0 saturated heterocycles. The molecule has 21 heavy (non-hydrogen) atoms.